The van der Waals surface area contributed by atoms with E-state index in [4.69, 9.17) is 14.2 Å². The number of carbonyl (C=O) groups excluding carboxylic acids is 2. The molecule has 0 radical (unpaired) electrons. The molecule has 0 aromatic carbocycles. The Kier molecular flexibility index (Phi) is 5.33. The van der Waals surface area contributed by atoms with Gasteiger partial charge in [0.2, 0.25) is 11.8 Å². The minimum absolute atomic E-state index is 0.253. The predicted molar refractivity (Wildman–Crippen MR) is 106 cm³/mol. The van der Waals surface area contributed by atoms with Crippen molar-refractivity contribution >= 4 is 23.7 Å². The van der Waals surface area contributed by atoms with E-state index in [0.717, 1.165) is 18.4 Å². The van der Waals surface area contributed by atoms with Crippen LogP contribution in [-0.2, 0) is 4.74 Å². The molecule has 0 bridgehead atoms. The van der Waals surface area contributed by atoms with Gasteiger partial charge in [-0.1, -0.05) is 0 Å². The fourth-order valence-corrected chi connectivity index (χ4v) is 3.20. The van der Waals surface area contributed by atoms with Gasteiger partial charge in [-0.3, -0.25) is 5.32 Å². The molecule has 1 saturated heterocycles. The Labute approximate surface area is 171 Å². The van der Waals surface area contributed by atoms with Gasteiger partial charge in [-0.15, -0.1) is 10.2 Å². The van der Waals surface area contributed by atoms with Crippen molar-refractivity contribution in [2.24, 2.45) is 0 Å². The highest BCUT2D eigenvalue weighted by Gasteiger charge is 2.22. The molecule has 0 atom stereocenters. The number of hydrogen-bond donors (Lipinski definition) is 1. The van der Waals surface area contributed by atoms with Crippen LogP contribution in [0.4, 0.5) is 15.4 Å². The Hall–Kier alpha value is -3.89. The van der Waals surface area contributed by atoms with E-state index >= 15 is 0 Å². The molecular formula is C19H20N6O5. The van der Waals surface area contributed by atoms with Gasteiger partial charge in [0.25, 0.3) is 0 Å². The molecule has 4 heterocycles. The highest BCUT2D eigenvalue weighted by atomic mass is 16.6. The zero-order chi connectivity index (χ0) is 21.1. The van der Waals surface area contributed by atoms with E-state index in [1.807, 2.05) is 6.07 Å². The summed E-state index contributed by atoms with van der Waals surface area (Å²) in [6, 6.07) is 5.32. The number of anilines is 1. The van der Waals surface area contributed by atoms with Crippen LogP contribution in [-0.4, -0.2) is 64.0 Å². The Morgan fingerprint density at radius 2 is 1.87 bits per heavy atom. The highest BCUT2D eigenvalue weighted by Crippen LogP contribution is 2.30. The molecule has 1 N–H and O–H groups in total. The monoisotopic (exact) mass is 412 g/mol. The maximum Gasteiger partial charge on any atom is 0.421 e. The van der Waals surface area contributed by atoms with Gasteiger partial charge in [0, 0.05) is 30.9 Å². The van der Waals surface area contributed by atoms with Crippen LogP contribution in [0.2, 0.25) is 0 Å². The van der Waals surface area contributed by atoms with Crippen molar-refractivity contribution < 1.29 is 23.8 Å². The number of nitrogens with zero attached hydrogens (tertiary/aromatic N) is 5. The summed E-state index contributed by atoms with van der Waals surface area (Å²) in [7, 11) is 3.01. The van der Waals surface area contributed by atoms with Crippen LogP contribution in [0.5, 0.6) is 11.8 Å². The minimum Gasteiger partial charge on any atom is -0.480 e. The average molecular weight is 412 g/mol. The van der Waals surface area contributed by atoms with Gasteiger partial charge in [0.15, 0.2) is 5.82 Å². The summed E-state index contributed by atoms with van der Waals surface area (Å²) in [5, 5.41) is 10.4. The number of rotatable bonds is 4. The van der Waals surface area contributed by atoms with Crippen LogP contribution in [0, 0.1) is 0 Å². The number of methoxy groups -OCH3 is 2. The van der Waals surface area contributed by atoms with Crippen LogP contribution in [0.1, 0.15) is 12.8 Å². The molecule has 0 unspecified atom stereocenters. The van der Waals surface area contributed by atoms with Gasteiger partial charge < -0.3 is 23.5 Å². The molecule has 2 amide bonds. The molecular weight excluding hydrogens is 392 g/mol. The third kappa shape index (κ3) is 3.95. The Bertz CT molecular complexity index is 1090. The average Bonchev–Trinajstić information content (AvgIpc) is 3.42. The van der Waals surface area contributed by atoms with Crippen LogP contribution >= 0.6 is 0 Å². The molecule has 11 heteroatoms. The molecule has 1 fully saturated rings. The van der Waals surface area contributed by atoms with Crippen molar-refractivity contribution in [2.75, 3.05) is 32.6 Å². The molecule has 0 spiro atoms. The lowest BCUT2D eigenvalue weighted by molar-refractivity contribution is 0.132. The molecule has 1 aliphatic rings. The maximum atomic E-state index is 12.0. The lowest BCUT2D eigenvalue weighted by Crippen LogP contribution is -2.31. The zero-order valence-corrected chi connectivity index (χ0v) is 16.5. The molecule has 4 rings (SSSR count). The summed E-state index contributed by atoms with van der Waals surface area (Å²) >= 11 is 0. The van der Waals surface area contributed by atoms with Crippen LogP contribution in [0.3, 0.4) is 0 Å². The Balaban J connectivity index is 1.53. The van der Waals surface area contributed by atoms with E-state index in [1.165, 1.54) is 19.1 Å². The number of likely N-dealkylation sites (tertiary alicyclic amines) is 1. The van der Waals surface area contributed by atoms with Gasteiger partial charge in [-0.2, -0.15) is 0 Å². The van der Waals surface area contributed by atoms with Gasteiger partial charge in [0.1, 0.15) is 5.65 Å². The van der Waals surface area contributed by atoms with Gasteiger partial charge in [-0.05, 0) is 25.0 Å². The minimum atomic E-state index is -0.875. The molecule has 0 aliphatic carbocycles. The lowest BCUT2D eigenvalue weighted by atomic mass is 10.1. The first-order valence-electron chi connectivity index (χ1n) is 9.30. The standard InChI is InChI=1S/C19H20N6O5/c1-28-16-9-13(17(29-2)23-22-16)12-5-6-15-20-14(11-25(15)10-12)21-18(26)30-19(27)24-7-3-4-8-24/h5-6,9-11H,3-4,7-8H2,1-2H3,(H,21,26). The maximum absolute atomic E-state index is 12.0. The second-order valence-electron chi connectivity index (χ2n) is 6.59. The predicted octanol–water partition coefficient (Wildman–Crippen LogP) is 2.57. The van der Waals surface area contributed by atoms with Crippen molar-refractivity contribution in [1.82, 2.24) is 24.5 Å². The number of carbonyl (C=O) groups is 2. The topological polar surface area (TPSA) is 120 Å². The summed E-state index contributed by atoms with van der Waals surface area (Å²) in [5.74, 6) is 0.950. The largest absolute Gasteiger partial charge is 0.480 e. The second-order valence-corrected chi connectivity index (χ2v) is 6.59. The number of hydrogen-bond acceptors (Lipinski definition) is 8. The smallest absolute Gasteiger partial charge is 0.421 e. The second kappa shape index (κ2) is 8.23. The number of ether oxygens (including phenoxy) is 3. The van der Waals surface area contributed by atoms with Gasteiger partial charge >= 0.3 is 12.2 Å². The lowest BCUT2D eigenvalue weighted by Gasteiger charge is -2.13. The Morgan fingerprint density at radius 3 is 2.60 bits per heavy atom. The first-order valence-corrected chi connectivity index (χ1v) is 9.30. The van der Waals surface area contributed by atoms with E-state index in [-0.39, 0.29) is 5.82 Å². The van der Waals surface area contributed by atoms with E-state index in [0.29, 0.717) is 36.1 Å². The zero-order valence-electron chi connectivity index (χ0n) is 16.5. The fourth-order valence-electron chi connectivity index (χ4n) is 3.20. The first-order chi connectivity index (χ1) is 14.6. The number of amides is 2. The normalized spacial score (nSPS) is 13.3. The van der Waals surface area contributed by atoms with E-state index in [9.17, 15) is 9.59 Å². The summed E-state index contributed by atoms with van der Waals surface area (Å²) in [6.07, 6.45) is 3.71. The van der Waals surface area contributed by atoms with Gasteiger partial charge in [0.05, 0.1) is 26.0 Å². The van der Waals surface area contributed by atoms with Crippen LogP contribution in [0.25, 0.3) is 16.8 Å². The van der Waals surface area contributed by atoms with Crippen molar-refractivity contribution in [3.05, 3.63) is 30.6 Å². The molecule has 0 saturated carbocycles. The van der Waals surface area contributed by atoms with Crippen LogP contribution < -0.4 is 14.8 Å². The number of imidazole rings is 1. The van der Waals surface area contributed by atoms with Crippen LogP contribution in [0.15, 0.2) is 30.6 Å². The third-order valence-electron chi connectivity index (χ3n) is 4.68. The van der Waals surface area contributed by atoms with Crippen molar-refractivity contribution in [1.29, 1.82) is 0 Å². The van der Waals surface area contributed by atoms with E-state index in [1.54, 1.807) is 28.9 Å². The fraction of sp³-hybridized carbons (Fsp3) is 0.316. The number of aromatic nitrogens is 4. The molecule has 156 valence electrons. The van der Waals surface area contributed by atoms with Crippen molar-refractivity contribution in [2.45, 2.75) is 12.8 Å². The Morgan fingerprint density at radius 1 is 1.07 bits per heavy atom. The molecule has 30 heavy (non-hydrogen) atoms. The van der Waals surface area contributed by atoms with E-state index < -0.39 is 12.2 Å². The molecule has 11 nitrogen and oxygen atoms in total. The number of pyridine rings is 1. The molecule has 3 aromatic rings. The summed E-state index contributed by atoms with van der Waals surface area (Å²) in [6.45, 7) is 1.20. The van der Waals surface area contributed by atoms with Gasteiger partial charge in [-0.25, -0.2) is 14.6 Å². The SMILES string of the molecule is COc1cc(-c2ccc3nc(NC(=O)OC(=O)N4CCCC4)cn3c2)c(OC)nn1. The highest BCUT2D eigenvalue weighted by molar-refractivity contribution is 5.92. The van der Waals surface area contributed by atoms with Crippen molar-refractivity contribution in [3.8, 4) is 22.9 Å². The summed E-state index contributed by atoms with van der Waals surface area (Å²) < 4.78 is 17.0. The summed E-state index contributed by atoms with van der Waals surface area (Å²) in [4.78, 5) is 29.8. The number of nitrogens with one attached hydrogen (secondary N) is 1. The first kappa shape index (κ1) is 19.4. The van der Waals surface area contributed by atoms with E-state index in [2.05, 4.69) is 20.5 Å². The number of fused-ring (bicyclic) bond motifs is 1. The molecule has 1 aliphatic heterocycles. The summed E-state index contributed by atoms with van der Waals surface area (Å²) in [5.41, 5.74) is 2.06. The quantitative estimate of drug-likeness (QED) is 0.649. The third-order valence-corrected chi connectivity index (χ3v) is 4.68. The molecule has 3 aromatic heterocycles. The van der Waals surface area contributed by atoms with Crippen molar-refractivity contribution in [3.63, 3.8) is 0 Å².